The highest BCUT2D eigenvalue weighted by molar-refractivity contribution is 5.85. The predicted octanol–water partition coefficient (Wildman–Crippen LogP) is 4.56. The fraction of sp³-hybridized carbons (Fsp3) is 0.579. The van der Waals surface area contributed by atoms with Gasteiger partial charge < -0.3 is 14.8 Å². The molecular weight excluding hydrogens is 320 g/mol. The average molecular weight is 348 g/mol. The van der Waals surface area contributed by atoms with E-state index in [1.54, 1.807) is 24.3 Å². The summed E-state index contributed by atoms with van der Waals surface area (Å²) in [6.07, 6.45) is 5.11. The maximum Gasteiger partial charge on any atom is 0.412 e. The minimum absolute atomic E-state index is 0.272. The highest BCUT2D eigenvalue weighted by Gasteiger charge is 2.15. The number of amides is 2. The van der Waals surface area contributed by atoms with E-state index in [0.29, 0.717) is 30.5 Å². The van der Waals surface area contributed by atoms with Crippen molar-refractivity contribution in [2.24, 2.45) is 11.8 Å². The Labute approximate surface area is 149 Å². The van der Waals surface area contributed by atoms with Gasteiger partial charge in [0.25, 0.3) is 0 Å². The maximum atomic E-state index is 11.9. The van der Waals surface area contributed by atoms with Crippen LogP contribution in [0.15, 0.2) is 24.3 Å². The predicted molar refractivity (Wildman–Crippen MR) is 96.9 cm³/mol. The molecule has 6 heteroatoms. The van der Waals surface area contributed by atoms with Crippen molar-refractivity contribution in [2.75, 3.05) is 18.5 Å². The molecule has 0 aromatic heterocycles. The molecule has 1 saturated carbocycles. The zero-order valence-electron chi connectivity index (χ0n) is 15.0. The normalized spacial score (nSPS) is 14.8. The average Bonchev–Trinajstić information content (AvgIpc) is 2.59. The van der Waals surface area contributed by atoms with Gasteiger partial charge >= 0.3 is 12.2 Å². The van der Waals surface area contributed by atoms with Gasteiger partial charge in [-0.15, -0.1) is 0 Å². The third kappa shape index (κ3) is 7.45. The summed E-state index contributed by atoms with van der Waals surface area (Å²) in [6.45, 7) is 4.94. The van der Waals surface area contributed by atoms with Crippen LogP contribution in [-0.2, 0) is 4.74 Å². The van der Waals surface area contributed by atoms with Gasteiger partial charge in [0.15, 0.2) is 0 Å². The van der Waals surface area contributed by atoms with Crippen molar-refractivity contribution in [2.45, 2.75) is 46.0 Å². The van der Waals surface area contributed by atoms with Crippen molar-refractivity contribution >= 4 is 17.9 Å². The first kappa shape index (κ1) is 19.1. The van der Waals surface area contributed by atoms with Gasteiger partial charge in [0.05, 0.1) is 6.61 Å². The number of hydrogen-bond acceptors (Lipinski definition) is 4. The Morgan fingerprint density at radius 1 is 1.16 bits per heavy atom. The van der Waals surface area contributed by atoms with Gasteiger partial charge in [-0.05, 0) is 36.8 Å². The van der Waals surface area contributed by atoms with Crippen molar-refractivity contribution in [1.29, 1.82) is 0 Å². The number of hydrogen-bond donors (Lipinski definition) is 2. The molecule has 6 nitrogen and oxygen atoms in total. The van der Waals surface area contributed by atoms with Crippen LogP contribution in [0.25, 0.3) is 0 Å². The van der Waals surface area contributed by atoms with Gasteiger partial charge in [0.2, 0.25) is 0 Å². The van der Waals surface area contributed by atoms with E-state index in [0.717, 1.165) is 12.8 Å². The lowest BCUT2D eigenvalue weighted by Crippen LogP contribution is -2.32. The Morgan fingerprint density at radius 2 is 1.92 bits per heavy atom. The van der Waals surface area contributed by atoms with Crippen molar-refractivity contribution in [1.82, 2.24) is 5.32 Å². The van der Waals surface area contributed by atoms with Crippen LogP contribution in [0, 0.1) is 11.8 Å². The number of carbonyl (C=O) groups excluding carboxylic acids is 2. The van der Waals surface area contributed by atoms with E-state index in [2.05, 4.69) is 10.6 Å². The molecule has 138 valence electrons. The van der Waals surface area contributed by atoms with Gasteiger partial charge in [0, 0.05) is 18.3 Å². The molecule has 0 aliphatic heterocycles. The topological polar surface area (TPSA) is 76.7 Å². The molecular formula is C19H28N2O4. The van der Waals surface area contributed by atoms with E-state index < -0.39 is 12.2 Å². The molecule has 1 aliphatic rings. The molecule has 1 fully saturated rings. The molecule has 0 heterocycles. The molecule has 1 aliphatic carbocycles. The van der Waals surface area contributed by atoms with Crippen LogP contribution < -0.4 is 15.4 Å². The molecule has 2 N–H and O–H groups in total. The van der Waals surface area contributed by atoms with Crippen LogP contribution in [0.2, 0.25) is 0 Å². The molecule has 0 bridgehead atoms. The zero-order chi connectivity index (χ0) is 18.1. The summed E-state index contributed by atoms with van der Waals surface area (Å²) in [7, 11) is 0. The Morgan fingerprint density at radius 3 is 2.64 bits per heavy atom. The second kappa shape index (κ2) is 9.91. The lowest BCUT2D eigenvalue weighted by atomic mass is 9.89. The first-order valence-electron chi connectivity index (χ1n) is 9.02. The number of anilines is 1. The molecule has 0 spiro atoms. The van der Waals surface area contributed by atoms with Crippen LogP contribution in [0.5, 0.6) is 5.75 Å². The largest absolute Gasteiger partial charge is 0.449 e. The lowest BCUT2D eigenvalue weighted by molar-refractivity contribution is 0.147. The molecule has 2 amide bonds. The second-order valence-corrected chi connectivity index (χ2v) is 6.92. The maximum absolute atomic E-state index is 11.9. The van der Waals surface area contributed by atoms with Crippen molar-refractivity contribution in [3.63, 3.8) is 0 Å². The van der Waals surface area contributed by atoms with Gasteiger partial charge in [-0.3, -0.25) is 5.32 Å². The van der Waals surface area contributed by atoms with E-state index in [1.807, 2.05) is 13.8 Å². The summed E-state index contributed by atoms with van der Waals surface area (Å²) >= 11 is 0. The van der Waals surface area contributed by atoms with E-state index in [1.165, 1.54) is 19.3 Å². The van der Waals surface area contributed by atoms with Crippen molar-refractivity contribution < 1.29 is 19.1 Å². The van der Waals surface area contributed by atoms with Gasteiger partial charge in [-0.25, -0.2) is 9.59 Å². The smallest absolute Gasteiger partial charge is 0.412 e. The monoisotopic (exact) mass is 348 g/mol. The molecule has 1 aromatic carbocycles. The van der Waals surface area contributed by atoms with E-state index in [4.69, 9.17) is 9.47 Å². The van der Waals surface area contributed by atoms with Crippen molar-refractivity contribution in [3.05, 3.63) is 24.3 Å². The molecule has 2 rings (SSSR count). The Bertz CT molecular complexity index is 568. The number of carbonyl (C=O) groups is 2. The van der Waals surface area contributed by atoms with E-state index >= 15 is 0 Å². The van der Waals surface area contributed by atoms with Crippen LogP contribution >= 0.6 is 0 Å². The van der Waals surface area contributed by atoms with Crippen molar-refractivity contribution in [3.8, 4) is 5.75 Å². The SMILES string of the molecule is CC(C)COC(=O)Nc1cccc(OC(=O)NCC2CCCCC2)c1. The van der Waals surface area contributed by atoms with Crippen LogP contribution in [0.1, 0.15) is 46.0 Å². The Kier molecular flexibility index (Phi) is 7.57. The van der Waals surface area contributed by atoms with Gasteiger partial charge in [0.1, 0.15) is 5.75 Å². The molecule has 0 atom stereocenters. The summed E-state index contributed by atoms with van der Waals surface area (Å²) < 4.78 is 10.3. The number of nitrogens with one attached hydrogen (secondary N) is 2. The highest BCUT2D eigenvalue weighted by atomic mass is 16.6. The second-order valence-electron chi connectivity index (χ2n) is 6.92. The molecule has 1 aromatic rings. The van der Waals surface area contributed by atoms with E-state index in [9.17, 15) is 9.59 Å². The molecule has 25 heavy (non-hydrogen) atoms. The van der Waals surface area contributed by atoms with Gasteiger partial charge in [-0.2, -0.15) is 0 Å². The summed E-state index contributed by atoms with van der Waals surface area (Å²) in [4.78, 5) is 23.6. The fourth-order valence-electron chi connectivity index (χ4n) is 2.80. The van der Waals surface area contributed by atoms with Crippen LogP contribution in [0.3, 0.4) is 0 Å². The van der Waals surface area contributed by atoms with Crippen LogP contribution in [-0.4, -0.2) is 25.3 Å². The number of ether oxygens (including phenoxy) is 2. The minimum atomic E-state index is -0.521. The van der Waals surface area contributed by atoms with Crippen LogP contribution in [0.4, 0.5) is 15.3 Å². The first-order chi connectivity index (χ1) is 12.0. The lowest BCUT2D eigenvalue weighted by Gasteiger charge is -2.21. The number of benzene rings is 1. The Hall–Kier alpha value is -2.24. The van der Waals surface area contributed by atoms with E-state index in [-0.39, 0.29) is 5.92 Å². The highest BCUT2D eigenvalue weighted by Crippen LogP contribution is 2.23. The molecule has 0 saturated heterocycles. The third-order valence-electron chi connectivity index (χ3n) is 4.10. The summed E-state index contributed by atoms with van der Waals surface area (Å²) in [6, 6.07) is 6.69. The summed E-state index contributed by atoms with van der Waals surface area (Å²) in [5, 5.41) is 5.44. The minimum Gasteiger partial charge on any atom is -0.449 e. The summed E-state index contributed by atoms with van der Waals surface area (Å²) in [5.74, 6) is 1.20. The Balaban J connectivity index is 1.77. The first-order valence-corrected chi connectivity index (χ1v) is 9.02. The third-order valence-corrected chi connectivity index (χ3v) is 4.10. The molecule has 0 unspecified atom stereocenters. The quantitative estimate of drug-likeness (QED) is 0.790. The number of rotatable bonds is 6. The zero-order valence-corrected chi connectivity index (χ0v) is 15.0. The fourth-order valence-corrected chi connectivity index (χ4v) is 2.80. The summed E-state index contributed by atoms with van der Waals surface area (Å²) in [5.41, 5.74) is 0.520. The standard InChI is InChI=1S/C19H28N2O4/c1-14(2)13-24-19(23)21-16-9-6-10-17(11-16)25-18(22)20-12-15-7-4-3-5-8-15/h6,9-11,14-15H,3-5,7-8,12-13H2,1-2H3,(H,20,22)(H,21,23). The van der Waals surface area contributed by atoms with Gasteiger partial charge in [-0.1, -0.05) is 39.2 Å². The molecule has 0 radical (unpaired) electrons.